The number of rotatable bonds is 6. The van der Waals surface area contributed by atoms with Crippen LogP contribution in [0.3, 0.4) is 0 Å². The second-order valence-electron chi connectivity index (χ2n) is 5.65. The zero-order chi connectivity index (χ0) is 14.4. The van der Waals surface area contributed by atoms with E-state index in [0.29, 0.717) is 12.4 Å². The molecular weight excluding hydrogens is 256 g/mol. The Labute approximate surface area is 119 Å². The topological polar surface area (TPSA) is 56.8 Å². The predicted octanol–water partition coefficient (Wildman–Crippen LogP) is 1.68. The quantitative estimate of drug-likeness (QED) is 0.489. The summed E-state index contributed by atoms with van der Waals surface area (Å²) in [4.78, 5) is 11.8. The molecule has 1 aromatic rings. The van der Waals surface area contributed by atoms with Gasteiger partial charge in [0.15, 0.2) is 0 Å². The van der Waals surface area contributed by atoms with Crippen LogP contribution in [0.1, 0.15) is 26.2 Å². The van der Waals surface area contributed by atoms with Crippen molar-refractivity contribution in [3.05, 3.63) is 34.4 Å². The Hall–Kier alpha value is -1.62. The summed E-state index contributed by atoms with van der Waals surface area (Å²) in [5, 5.41) is 10.5. The first kappa shape index (κ1) is 14.8. The molecule has 1 aromatic carbocycles. The molecule has 110 valence electrons. The number of hydrogen-bond donors (Lipinski definition) is 1. The highest BCUT2D eigenvalue weighted by Gasteiger charge is 2.18. The molecule has 0 radical (unpaired) electrons. The zero-order valence-corrected chi connectivity index (χ0v) is 12.0. The minimum absolute atomic E-state index is 0.101. The van der Waals surface area contributed by atoms with E-state index in [0.717, 1.165) is 18.9 Å². The van der Waals surface area contributed by atoms with Crippen LogP contribution in [-0.4, -0.2) is 31.2 Å². The van der Waals surface area contributed by atoms with Gasteiger partial charge in [0.05, 0.1) is 31.2 Å². The van der Waals surface area contributed by atoms with Gasteiger partial charge in [-0.25, -0.2) is 0 Å². The number of nitrogens with one attached hydrogen (secondary N) is 1. The number of non-ortho nitro benzene ring substituents is 1. The highest BCUT2D eigenvalue weighted by molar-refractivity contribution is 5.35. The molecule has 1 unspecified atom stereocenters. The smallest absolute Gasteiger partial charge is 0.269 e. The van der Waals surface area contributed by atoms with Crippen LogP contribution in [0.2, 0.25) is 0 Å². The summed E-state index contributed by atoms with van der Waals surface area (Å²) in [5.41, 5.74) is 0.101. The van der Waals surface area contributed by atoms with Gasteiger partial charge in [-0.3, -0.25) is 10.1 Å². The van der Waals surface area contributed by atoms with Gasteiger partial charge >= 0.3 is 0 Å². The standard InChI is InChI=1S/C15H22N2O3/c1-13-4-2-9-16(12-13)10-3-11-20-15-7-5-14(6-8-15)17(18)19/h5-8,13H,2-4,9-12H2,1H3/p+1/t13-/m1/s1. The summed E-state index contributed by atoms with van der Waals surface area (Å²) in [6.45, 7) is 6.71. The van der Waals surface area contributed by atoms with E-state index in [9.17, 15) is 10.1 Å². The van der Waals surface area contributed by atoms with Gasteiger partial charge < -0.3 is 9.64 Å². The molecule has 1 fully saturated rings. The SMILES string of the molecule is C[C@@H]1CCC[NH+](CCCOc2ccc([N+](=O)[O-])cc2)C1. The molecule has 1 saturated heterocycles. The van der Waals surface area contributed by atoms with Crippen LogP contribution in [0.15, 0.2) is 24.3 Å². The lowest BCUT2D eigenvalue weighted by Gasteiger charge is -2.27. The Kier molecular flexibility index (Phi) is 5.35. The fourth-order valence-corrected chi connectivity index (χ4v) is 2.80. The number of nitro benzene ring substituents is 1. The van der Waals surface area contributed by atoms with Crippen LogP contribution in [0.4, 0.5) is 5.69 Å². The molecular formula is C15H23N2O3+. The molecule has 0 spiro atoms. The number of piperidine rings is 1. The van der Waals surface area contributed by atoms with Crippen LogP contribution in [0, 0.1) is 16.0 Å². The highest BCUT2D eigenvalue weighted by atomic mass is 16.6. The monoisotopic (exact) mass is 279 g/mol. The second-order valence-corrected chi connectivity index (χ2v) is 5.65. The average molecular weight is 279 g/mol. The molecule has 0 saturated carbocycles. The van der Waals surface area contributed by atoms with Gasteiger partial charge in [-0.1, -0.05) is 6.92 Å². The fourth-order valence-electron chi connectivity index (χ4n) is 2.80. The molecule has 0 aromatic heterocycles. The lowest BCUT2D eigenvalue weighted by molar-refractivity contribution is -0.908. The molecule has 2 rings (SSSR count). The van der Waals surface area contributed by atoms with Gasteiger partial charge in [-0.15, -0.1) is 0 Å². The highest BCUT2D eigenvalue weighted by Crippen LogP contribution is 2.17. The van der Waals surface area contributed by atoms with Gasteiger partial charge in [0.2, 0.25) is 0 Å². The van der Waals surface area contributed by atoms with Gasteiger partial charge in [0, 0.05) is 24.5 Å². The molecule has 1 aliphatic rings. The Morgan fingerprint density at radius 2 is 2.15 bits per heavy atom. The first-order valence-electron chi connectivity index (χ1n) is 7.36. The molecule has 1 N–H and O–H groups in total. The van der Waals surface area contributed by atoms with E-state index in [-0.39, 0.29) is 5.69 Å². The minimum Gasteiger partial charge on any atom is -0.493 e. The van der Waals surface area contributed by atoms with E-state index in [1.807, 2.05) is 0 Å². The predicted molar refractivity (Wildman–Crippen MR) is 77.2 cm³/mol. The summed E-state index contributed by atoms with van der Waals surface area (Å²) in [6, 6.07) is 6.28. The molecule has 0 bridgehead atoms. The van der Waals surface area contributed by atoms with Crippen LogP contribution < -0.4 is 9.64 Å². The average Bonchev–Trinajstić information content (AvgIpc) is 2.44. The first-order chi connectivity index (χ1) is 9.65. The summed E-state index contributed by atoms with van der Waals surface area (Å²) < 4.78 is 5.62. The number of nitro groups is 1. The third-order valence-corrected chi connectivity index (χ3v) is 3.86. The van der Waals surface area contributed by atoms with E-state index in [1.165, 1.54) is 38.1 Å². The lowest BCUT2D eigenvalue weighted by Crippen LogP contribution is -3.13. The summed E-state index contributed by atoms with van der Waals surface area (Å²) >= 11 is 0. The number of hydrogen-bond acceptors (Lipinski definition) is 3. The number of ether oxygens (including phenoxy) is 1. The van der Waals surface area contributed by atoms with E-state index in [2.05, 4.69) is 6.92 Å². The lowest BCUT2D eigenvalue weighted by atomic mass is 10.0. The third-order valence-electron chi connectivity index (χ3n) is 3.86. The molecule has 0 amide bonds. The van der Waals surface area contributed by atoms with E-state index < -0.39 is 4.92 Å². The van der Waals surface area contributed by atoms with Crippen LogP contribution in [0.5, 0.6) is 5.75 Å². The maximum atomic E-state index is 10.5. The molecule has 1 heterocycles. The van der Waals surface area contributed by atoms with Gasteiger partial charge in [0.1, 0.15) is 5.75 Å². The Balaban J connectivity index is 1.66. The van der Waals surface area contributed by atoms with Crippen molar-refractivity contribution in [2.24, 2.45) is 5.92 Å². The third kappa shape index (κ3) is 4.49. The fraction of sp³-hybridized carbons (Fsp3) is 0.600. The van der Waals surface area contributed by atoms with Crippen molar-refractivity contribution in [2.75, 3.05) is 26.2 Å². The van der Waals surface area contributed by atoms with Crippen LogP contribution >= 0.6 is 0 Å². The second kappa shape index (κ2) is 7.24. The van der Waals surface area contributed by atoms with E-state index in [1.54, 1.807) is 17.0 Å². The molecule has 2 atom stereocenters. The minimum atomic E-state index is -0.398. The van der Waals surface area contributed by atoms with E-state index >= 15 is 0 Å². The van der Waals surface area contributed by atoms with Crippen LogP contribution in [0.25, 0.3) is 0 Å². The number of nitrogens with zero attached hydrogens (tertiary/aromatic N) is 1. The largest absolute Gasteiger partial charge is 0.493 e. The van der Waals surface area contributed by atoms with Crippen molar-refractivity contribution in [3.63, 3.8) is 0 Å². The van der Waals surface area contributed by atoms with Crippen molar-refractivity contribution in [1.29, 1.82) is 0 Å². The van der Waals surface area contributed by atoms with Gasteiger partial charge in [-0.2, -0.15) is 0 Å². The van der Waals surface area contributed by atoms with Crippen molar-refractivity contribution < 1.29 is 14.6 Å². The normalized spacial score (nSPS) is 22.4. The number of benzene rings is 1. The first-order valence-corrected chi connectivity index (χ1v) is 7.36. The molecule has 20 heavy (non-hydrogen) atoms. The molecule has 5 nitrogen and oxygen atoms in total. The van der Waals surface area contributed by atoms with Crippen molar-refractivity contribution in [1.82, 2.24) is 0 Å². The molecule has 1 aliphatic heterocycles. The van der Waals surface area contributed by atoms with Gasteiger partial charge in [0.25, 0.3) is 5.69 Å². The molecule has 0 aliphatic carbocycles. The van der Waals surface area contributed by atoms with Crippen molar-refractivity contribution >= 4 is 5.69 Å². The summed E-state index contributed by atoms with van der Waals surface area (Å²) in [5.74, 6) is 1.55. The number of quaternary nitrogens is 1. The van der Waals surface area contributed by atoms with Gasteiger partial charge in [-0.05, 0) is 25.0 Å². The maximum Gasteiger partial charge on any atom is 0.269 e. The summed E-state index contributed by atoms with van der Waals surface area (Å²) in [7, 11) is 0. The molecule has 5 heteroatoms. The Morgan fingerprint density at radius 1 is 1.40 bits per heavy atom. The Bertz CT molecular complexity index is 433. The Morgan fingerprint density at radius 3 is 2.80 bits per heavy atom. The summed E-state index contributed by atoms with van der Waals surface area (Å²) in [6.07, 6.45) is 3.72. The van der Waals surface area contributed by atoms with Crippen LogP contribution in [-0.2, 0) is 0 Å². The van der Waals surface area contributed by atoms with Crippen molar-refractivity contribution in [2.45, 2.75) is 26.2 Å². The number of likely N-dealkylation sites (tertiary alicyclic amines) is 1. The van der Waals surface area contributed by atoms with Crippen molar-refractivity contribution in [3.8, 4) is 5.75 Å². The zero-order valence-electron chi connectivity index (χ0n) is 12.0. The van der Waals surface area contributed by atoms with E-state index in [4.69, 9.17) is 4.74 Å². The maximum absolute atomic E-state index is 10.5.